The largest absolute Gasteiger partial charge is 0.422 e. The van der Waals surface area contributed by atoms with Crippen LogP contribution in [0.5, 0.6) is 0 Å². The van der Waals surface area contributed by atoms with E-state index in [2.05, 4.69) is 0 Å². The zero-order valence-corrected chi connectivity index (χ0v) is 28.2. The Morgan fingerprint density at radius 2 is 0.603 bits per heavy atom. The van der Waals surface area contributed by atoms with E-state index in [9.17, 15) is 108 Å². The molecule has 2 unspecified atom stereocenters. The van der Waals surface area contributed by atoms with Crippen LogP contribution in [0.4, 0.5) is 119 Å². The van der Waals surface area contributed by atoms with Gasteiger partial charge in [0.25, 0.3) is 0 Å². The molecule has 0 heterocycles. The van der Waals surface area contributed by atoms with Crippen molar-refractivity contribution in [2.24, 2.45) is 5.92 Å². The van der Waals surface area contributed by atoms with Crippen LogP contribution in [-0.4, -0.2) is 0 Å². The molecule has 1 saturated carbocycles. The lowest BCUT2D eigenvalue weighted by atomic mass is 9.86. The summed E-state index contributed by atoms with van der Waals surface area (Å²) in [5.74, 6) is -42.5. The average molecular weight is 953 g/mol. The number of halogens is 27. The van der Waals surface area contributed by atoms with Crippen molar-refractivity contribution in [3.63, 3.8) is 0 Å². The van der Waals surface area contributed by atoms with Crippen molar-refractivity contribution in [3.8, 4) is 18.2 Å². The van der Waals surface area contributed by atoms with Crippen LogP contribution in [0, 0.1) is 92.3 Å². The lowest BCUT2D eigenvalue weighted by molar-refractivity contribution is -0.152. The summed E-state index contributed by atoms with van der Waals surface area (Å²) < 4.78 is 385. The molecule has 1 aliphatic carbocycles. The van der Waals surface area contributed by atoms with Gasteiger partial charge in [0, 0.05) is 22.6 Å². The van der Waals surface area contributed by atoms with Crippen molar-refractivity contribution in [2.75, 3.05) is 0 Å². The highest BCUT2D eigenvalue weighted by Crippen LogP contribution is 2.63. The van der Waals surface area contributed by atoms with Crippen LogP contribution in [-0.2, 0) is 37.1 Å². The van der Waals surface area contributed by atoms with Gasteiger partial charge in [-0.3, -0.25) is 0 Å². The van der Waals surface area contributed by atoms with Gasteiger partial charge in [-0.15, -0.1) is 0 Å². The highest BCUT2D eigenvalue weighted by atomic mass is 19.4. The monoisotopic (exact) mass is 953 g/mol. The van der Waals surface area contributed by atoms with Crippen LogP contribution in [0.1, 0.15) is 56.0 Å². The van der Waals surface area contributed by atoms with E-state index < -0.39 is 174 Å². The molecule has 0 N–H and O–H groups in total. The second-order valence-electron chi connectivity index (χ2n) is 12.1. The third kappa shape index (κ3) is 8.01. The molecular weight excluding hydrogens is 951 g/mol. The first-order valence-electron chi connectivity index (χ1n) is 15.0. The quantitative estimate of drug-likeness (QED) is 0.149. The van der Waals surface area contributed by atoms with E-state index in [4.69, 9.17) is 0 Å². The Morgan fingerprint density at radius 1 is 0.349 bits per heavy atom. The Bertz CT molecular complexity index is 2530. The smallest absolute Gasteiger partial charge is 0.206 e. The normalized spacial score (nSPS) is 17.2. The summed E-state index contributed by atoms with van der Waals surface area (Å²) in [5.41, 5.74) is -43.5. The Kier molecular flexibility index (Phi) is 11.9. The molecule has 0 amide bonds. The molecular formula is C33H2F27N3. The molecule has 30 heteroatoms. The minimum atomic E-state index is -6.91. The molecule has 63 heavy (non-hydrogen) atoms. The highest BCUT2D eigenvalue weighted by Gasteiger charge is 2.58. The standard InChI is InChI=1S/C33H2F27N3/c34-19-10(13(28(43,44)45)22(37)16(25(19)40)31(52,53)54)4(1-61)7-8(5(2-62)11-14(29(46,47)48)23(38)17(32(55,56)57)26(41)20(11)35)9(7)6(3-63)12-15(30(49,50)51)24(39)18(33(58,59)60)27(42)21(12)36/h4,7H/b8-5-,9-6?. The van der Waals surface area contributed by atoms with Gasteiger partial charge in [-0.05, 0) is 11.1 Å². The van der Waals surface area contributed by atoms with Crippen molar-refractivity contribution < 1.29 is 119 Å². The van der Waals surface area contributed by atoms with E-state index in [1.165, 1.54) is 0 Å². The third-order valence-electron chi connectivity index (χ3n) is 8.57. The molecule has 4 rings (SSSR count). The lowest BCUT2D eigenvalue weighted by Gasteiger charge is -2.22. The Labute approximate surface area is 326 Å². The Hall–Kier alpha value is -6.28. The predicted octanol–water partition coefficient (Wildman–Crippen LogP) is 13.2. The molecule has 2 atom stereocenters. The first-order chi connectivity index (χ1) is 28.3. The van der Waals surface area contributed by atoms with E-state index in [0.717, 1.165) is 0 Å². The lowest BCUT2D eigenvalue weighted by Crippen LogP contribution is -2.24. The number of rotatable bonds is 4. The second kappa shape index (κ2) is 15.2. The number of allylic oxidation sites excluding steroid dienone is 4. The van der Waals surface area contributed by atoms with Gasteiger partial charge in [0.2, 0.25) is 0 Å². The second-order valence-corrected chi connectivity index (χ2v) is 12.1. The van der Waals surface area contributed by atoms with Gasteiger partial charge in [0.1, 0.15) is 40.0 Å². The van der Waals surface area contributed by atoms with E-state index >= 15 is 26.3 Å². The van der Waals surface area contributed by atoms with Crippen molar-refractivity contribution in [3.05, 3.63) is 114 Å². The van der Waals surface area contributed by atoms with Gasteiger partial charge < -0.3 is 0 Å². The minimum absolute atomic E-state index is 0.236. The molecule has 1 fully saturated rings. The SMILES string of the molecule is N#CC(=C1/C(=C(/C#N)c2c(F)c(F)c(C(F)(F)F)c(F)c2C(F)(F)F)C1C(C#N)c1c(F)c(F)c(C(F)(F)F)c(F)c1C(F)(F)F)c1c(F)c(F)c(C(F)(F)F)c(F)c1C(F)(F)F. The summed E-state index contributed by atoms with van der Waals surface area (Å²) in [7, 11) is 0. The highest BCUT2D eigenvalue weighted by molar-refractivity contribution is 5.99. The van der Waals surface area contributed by atoms with E-state index in [1.807, 2.05) is 0 Å². The van der Waals surface area contributed by atoms with Crippen molar-refractivity contribution in [2.45, 2.75) is 43.0 Å². The summed E-state index contributed by atoms with van der Waals surface area (Å²) in [4.78, 5) is 0. The Balaban J connectivity index is 2.49. The number of hydrogen-bond donors (Lipinski definition) is 0. The van der Waals surface area contributed by atoms with E-state index in [1.54, 1.807) is 0 Å². The van der Waals surface area contributed by atoms with Gasteiger partial charge in [-0.25, -0.2) is 39.5 Å². The maximum Gasteiger partial charge on any atom is 0.422 e. The minimum Gasteiger partial charge on any atom is -0.206 e. The zero-order valence-electron chi connectivity index (χ0n) is 28.2. The molecule has 0 aromatic heterocycles. The molecule has 0 bridgehead atoms. The molecule has 0 spiro atoms. The third-order valence-corrected chi connectivity index (χ3v) is 8.57. The van der Waals surface area contributed by atoms with Crippen LogP contribution in [0.3, 0.4) is 0 Å². The number of nitriles is 3. The fourth-order valence-corrected chi connectivity index (χ4v) is 6.28. The summed E-state index contributed by atoms with van der Waals surface area (Å²) in [5, 5.41) is 29.5. The van der Waals surface area contributed by atoms with Crippen molar-refractivity contribution in [1.29, 1.82) is 15.8 Å². The molecule has 0 aliphatic heterocycles. The molecule has 0 saturated heterocycles. The van der Waals surface area contributed by atoms with Crippen LogP contribution in [0.25, 0.3) is 11.1 Å². The average Bonchev–Trinajstić information content (AvgIpc) is 3.78. The van der Waals surface area contributed by atoms with E-state index in [-0.39, 0.29) is 12.1 Å². The van der Waals surface area contributed by atoms with E-state index in [0.29, 0.717) is 6.07 Å². The van der Waals surface area contributed by atoms with Gasteiger partial charge in [0.05, 0.1) is 28.7 Å². The molecule has 3 aromatic carbocycles. The summed E-state index contributed by atoms with van der Waals surface area (Å²) in [6.45, 7) is 0. The molecule has 1 aliphatic rings. The fourth-order valence-electron chi connectivity index (χ4n) is 6.28. The van der Waals surface area contributed by atoms with Crippen molar-refractivity contribution in [1.82, 2.24) is 0 Å². The number of hydrogen-bond acceptors (Lipinski definition) is 3. The Morgan fingerprint density at radius 3 is 0.841 bits per heavy atom. The molecule has 0 radical (unpaired) electrons. The predicted molar refractivity (Wildman–Crippen MR) is 146 cm³/mol. The maximum atomic E-state index is 15.5. The number of benzene rings is 3. The first-order valence-corrected chi connectivity index (χ1v) is 15.0. The molecule has 3 aromatic rings. The van der Waals surface area contributed by atoms with Crippen LogP contribution in [0.15, 0.2) is 11.1 Å². The summed E-state index contributed by atoms with van der Waals surface area (Å²) in [6, 6.07) is 0.794. The van der Waals surface area contributed by atoms with Gasteiger partial charge in [-0.1, -0.05) is 0 Å². The summed E-state index contributed by atoms with van der Waals surface area (Å²) in [6.07, 6.45) is -40.8. The van der Waals surface area contributed by atoms with Gasteiger partial charge in [-0.2, -0.15) is 94.8 Å². The maximum absolute atomic E-state index is 15.5. The summed E-state index contributed by atoms with van der Waals surface area (Å²) >= 11 is 0. The van der Waals surface area contributed by atoms with Crippen molar-refractivity contribution >= 4 is 11.1 Å². The number of alkyl halides is 18. The fraction of sp³-hybridized carbons (Fsp3) is 0.242. The van der Waals surface area contributed by atoms with Gasteiger partial charge >= 0.3 is 37.1 Å². The number of nitrogens with zero attached hydrogens (tertiary/aromatic N) is 3. The molecule has 3 nitrogen and oxygen atoms in total. The van der Waals surface area contributed by atoms with Crippen LogP contribution < -0.4 is 0 Å². The first kappa shape index (κ1) is 49.4. The van der Waals surface area contributed by atoms with Crippen LogP contribution in [0.2, 0.25) is 0 Å². The molecule has 338 valence electrons. The van der Waals surface area contributed by atoms with Crippen LogP contribution >= 0.6 is 0 Å². The van der Waals surface area contributed by atoms with Gasteiger partial charge in [0.15, 0.2) is 52.4 Å². The zero-order chi connectivity index (χ0) is 49.0. The topological polar surface area (TPSA) is 71.4 Å².